The molecular weight excluding hydrogens is 370 g/mol. The van der Waals surface area contributed by atoms with Crippen LogP contribution in [0.5, 0.6) is 0 Å². The number of nitrogens with zero attached hydrogens (tertiary/aromatic N) is 2. The van der Waals surface area contributed by atoms with E-state index >= 15 is 0 Å². The fraction of sp³-hybridized carbons (Fsp3) is 0.167. The van der Waals surface area contributed by atoms with Crippen LogP contribution < -0.4 is 5.32 Å². The molecule has 0 saturated heterocycles. The number of anilines is 1. The summed E-state index contributed by atoms with van der Waals surface area (Å²) in [5.74, 6) is -0.107. The van der Waals surface area contributed by atoms with Crippen LogP contribution in [0.15, 0.2) is 57.3 Å². The highest BCUT2D eigenvalue weighted by atomic mass is 32.2. The molecule has 2 amide bonds. The van der Waals surface area contributed by atoms with Crippen LogP contribution in [0, 0.1) is 0 Å². The highest BCUT2D eigenvalue weighted by molar-refractivity contribution is 7.98. The number of nitrogens with one attached hydrogen (secondary N) is 1. The number of thioether (sulfide) groups is 1. The van der Waals surface area contributed by atoms with Crippen LogP contribution in [0.2, 0.25) is 0 Å². The second-order valence-corrected chi connectivity index (χ2v) is 7.26. The Morgan fingerprint density at radius 1 is 1.27 bits per heavy atom. The summed E-state index contributed by atoms with van der Waals surface area (Å²) in [6.07, 6.45) is 1.94. The maximum absolute atomic E-state index is 12.5. The molecule has 0 unspecified atom stereocenters. The van der Waals surface area contributed by atoms with Gasteiger partial charge in [0.1, 0.15) is 0 Å². The maximum atomic E-state index is 12.5. The van der Waals surface area contributed by atoms with Crippen molar-refractivity contribution >= 4 is 40.6 Å². The summed E-state index contributed by atoms with van der Waals surface area (Å²) < 4.78 is 5.22. The first-order chi connectivity index (χ1) is 12.6. The molecule has 2 heterocycles. The predicted octanol–water partition coefficient (Wildman–Crippen LogP) is 3.84. The van der Waals surface area contributed by atoms with Crippen LogP contribution >= 0.6 is 23.1 Å². The number of hydrogen-bond acceptors (Lipinski definition) is 6. The Morgan fingerprint density at radius 2 is 2.08 bits per heavy atom. The lowest BCUT2D eigenvalue weighted by Crippen LogP contribution is -2.35. The molecule has 0 aliphatic rings. The van der Waals surface area contributed by atoms with Gasteiger partial charge in [-0.05, 0) is 29.8 Å². The summed E-state index contributed by atoms with van der Waals surface area (Å²) in [5.41, 5.74) is 0.903. The third-order valence-electron chi connectivity index (χ3n) is 3.60. The Balaban J connectivity index is 1.63. The van der Waals surface area contributed by atoms with Crippen molar-refractivity contribution in [3.63, 3.8) is 0 Å². The Hall–Kier alpha value is -2.58. The van der Waals surface area contributed by atoms with E-state index in [4.69, 9.17) is 4.52 Å². The molecule has 134 valence electrons. The van der Waals surface area contributed by atoms with Gasteiger partial charge in [-0.25, -0.2) is 0 Å². The van der Waals surface area contributed by atoms with Crippen LogP contribution in [0.4, 0.5) is 5.69 Å². The maximum Gasteiger partial charge on any atom is 0.276 e. The van der Waals surface area contributed by atoms with Crippen LogP contribution in [-0.4, -0.2) is 41.7 Å². The standard InChI is InChI=1S/C18H17N3O3S2/c1-21(11-17(22)19-12-6-3-4-7-15(12)25-2)18(23)13-10-14(24-20-13)16-8-5-9-26-16/h3-10H,11H2,1-2H3,(H,19,22). The zero-order chi connectivity index (χ0) is 18.5. The molecule has 0 saturated carbocycles. The van der Waals surface area contributed by atoms with Gasteiger partial charge >= 0.3 is 0 Å². The normalized spacial score (nSPS) is 10.5. The van der Waals surface area contributed by atoms with E-state index in [0.29, 0.717) is 5.76 Å². The zero-order valence-electron chi connectivity index (χ0n) is 14.3. The summed E-state index contributed by atoms with van der Waals surface area (Å²) in [6.45, 7) is -0.0806. The Kier molecular flexibility index (Phi) is 5.75. The number of aromatic nitrogens is 1. The van der Waals surface area contributed by atoms with Gasteiger partial charge in [-0.3, -0.25) is 9.59 Å². The fourth-order valence-electron chi connectivity index (χ4n) is 2.33. The number of rotatable bonds is 6. The molecule has 0 bridgehead atoms. The van der Waals surface area contributed by atoms with Gasteiger partial charge in [0.15, 0.2) is 11.5 Å². The molecule has 0 spiro atoms. The minimum Gasteiger partial charge on any atom is -0.355 e. The lowest BCUT2D eigenvalue weighted by atomic mass is 10.3. The number of carbonyl (C=O) groups excluding carboxylic acids is 2. The molecule has 3 aromatic rings. The number of carbonyl (C=O) groups is 2. The molecule has 1 N–H and O–H groups in total. The molecule has 0 fully saturated rings. The van der Waals surface area contributed by atoms with Crippen molar-refractivity contribution in [2.45, 2.75) is 4.90 Å². The molecular formula is C18H17N3O3S2. The van der Waals surface area contributed by atoms with Crippen LogP contribution in [0.25, 0.3) is 10.6 Å². The van der Waals surface area contributed by atoms with Crippen molar-refractivity contribution in [3.05, 3.63) is 53.5 Å². The highest BCUT2D eigenvalue weighted by Gasteiger charge is 2.20. The van der Waals surface area contributed by atoms with Gasteiger partial charge < -0.3 is 14.7 Å². The predicted molar refractivity (Wildman–Crippen MR) is 104 cm³/mol. The summed E-state index contributed by atoms with van der Waals surface area (Å²) in [7, 11) is 1.56. The molecule has 0 aliphatic heterocycles. The lowest BCUT2D eigenvalue weighted by molar-refractivity contribution is -0.116. The number of likely N-dealkylation sites (N-methyl/N-ethyl adjacent to an activating group) is 1. The van der Waals surface area contributed by atoms with Crippen molar-refractivity contribution in [1.29, 1.82) is 0 Å². The van der Waals surface area contributed by atoms with Gasteiger partial charge in [-0.1, -0.05) is 23.4 Å². The zero-order valence-corrected chi connectivity index (χ0v) is 15.9. The number of thiophene rings is 1. The van der Waals surface area contributed by atoms with E-state index in [1.807, 2.05) is 48.0 Å². The van der Waals surface area contributed by atoms with Crippen molar-refractivity contribution < 1.29 is 14.1 Å². The number of amides is 2. The van der Waals surface area contributed by atoms with Crippen LogP contribution in [-0.2, 0) is 4.79 Å². The molecule has 26 heavy (non-hydrogen) atoms. The van der Waals surface area contributed by atoms with Gasteiger partial charge in [0.05, 0.1) is 17.1 Å². The average Bonchev–Trinajstić information content (AvgIpc) is 3.32. The number of benzene rings is 1. The SMILES string of the molecule is CSc1ccccc1NC(=O)CN(C)C(=O)c1cc(-c2cccs2)on1. The smallest absolute Gasteiger partial charge is 0.276 e. The Morgan fingerprint density at radius 3 is 2.81 bits per heavy atom. The van der Waals surface area contributed by atoms with E-state index in [1.54, 1.807) is 24.9 Å². The molecule has 0 radical (unpaired) electrons. The van der Waals surface area contributed by atoms with Crippen LogP contribution in [0.1, 0.15) is 10.5 Å². The summed E-state index contributed by atoms with van der Waals surface area (Å²) in [6, 6.07) is 12.9. The first-order valence-electron chi connectivity index (χ1n) is 7.77. The van der Waals surface area contributed by atoms with Gasteiger partial charge in [0.25, 0.3) is 5.91 Å². The van der Waals surface area contributed by atoms with Crippen molar-refractivity contribution in [1.82, 2.24) is 10.1 Å². The van der Waals surface area contributed by atoms with Gasteiger partial charge in [0, 0.05) is 18.0 Å². The minimum absolute atomic E-state index is 0.0806. The third-order valence-corrected chi connectivity index (χ3v) is 5.28. The second kappa shape index (κ2) is 8.20. The van der Waals surface area contributed by atoms with Crippen molar-refractivity contribution in [2.75, 3.05) is 25.2 Å². The second-order valence-electron chi connectivity index (χ2n) is 5.46. The molecule has 0 aliphatic carbocycles. The highest BCUT2D eigenvalue weighted by Crippen LogP contribution is 2.26. The van der Waals surface area contributed by atoms with Gasteiger partial charge in [-0.15, -0.1) is 23.1 Å². The first-order valence-corrected chi connectivity index (χ1v) is 9.88. The molecule has 3 rings (SSSR count). The Bertz CT molecular complexity index is 906. The number of hydrogen-bond donors (Lipinski definition) is 1. The number of para-hydroxylation sites is 1. The molecule has 0 atom stereocenters. The monoisotopic (exact) mass is 387 g/mol. The summed E-state index contributed by atoms with van der Waals surface area (Å²) in [4.78, 5) is 27.9. The van der Waals surface area contributed by atoms with E-state index in [9.17, 15) is 9.59 Å². The summed E-state index contributed by atoms with van der Waals surface area (Å²) in [5, 5.41) is 8.57. The van der Waals surface area contributed by atoms with Crippen molar-refractivity contribution in [3.8, 4) is 10.6 Å². The van der Waals surface area contributed by atoms with Crippen molar-refractivity contribution in [2.24, 2.45) is 0 Å². The van der Waals surface area contributed by atoms with Crippen LogP contribution in [0.3, 0.4) is 0 Å². The molecule has 8 heteroatoms. The molecule has 2 aromatic heterocycles. The lowest BCUT2D eigenvalue weighted by Gasteiger charge is -2.16. The van der Waals surface area contributed by atoms with E-state index in [0.717, 1.165) is 15.5 Å². The van der Waals surface area contributed by atoms with E-state index < -0.39 is 0 Å². The van der Waals surface area contributed by atoms with E-state index in [1.165, 1.54) is 16.2 Å². The van der Waals surface area contributed by atoms with E-state index in [2.05, 4.69) is 10.5 Å². The Labute approximate surface area is 159 Å². The van der Waals surface area contributed by atoms with Gasteiger partial charge in [-0.2, -0.15) is 0 Å². The van der Waals surface area contributed by atoms with E-state index in [-0.39, 0.29) is 24.1 Å². The summed E-state index contributed by atoms with van der Waals surface area (Å²) >= 11 is 3.04. The molecule has 6 nitrogen and oxygen atoms in total. The topological polar surface area (TPSA) is 75.4 Å². The fourth-order valence-corrected chi connectivity index (χ4v) is 3.56. The first kappa shape index (κ1) is 18.2. The van der Waals surface area contributed by atoms with Gasteiger partial charge in [0.2, 0.25) is 5.91 Å². The quantitative estimate of drug-likeness (QED) is 0.651. The minimum atomic E-state index is -0.371. The average molecular weight is 387 g/mol. The largest absolute Gasteiger partial charge is 0.355 e. The molecule has 1 aromatic carbocycles. The third kappa shape index (κ3) is 4.14.